The second kappa shape index (κ2) is 7.28. The van der Waals surface area contributed by atoms with Crippen LogP contribution in [0.15, 0.2) is 54.6 Å². The molecule has 0 saturated carbocycles. The van der Waals surface area contributed by atoms with Crippen LogP contribution in [0.4, 0.5) is 0 Å². The van der Waals surface area contributed by atoms with Crippen molar-refractivity contribution < 1.29 is 9.63 Å². The molecular formula is C18H17NO2. The molecule has 0 radical (unpaired) electrons. The van der Waals surface area contributed by atoms with Gasteiger partial charge >= 0.3 is 0 Å². The first-order valence-corrected chi connectivity index (χ1v) is 6.65. The van der Waals surface area contributed by atoms with Crippen LogP contribution in [-0.4, -0.2) is 25.1 Å². The first-order chi connectivity index (χ1) is 10.2. The molecule has 21 heavy (non-hydrogen) atoms. The van der Waals surface area contributed by atoms with Gasteiger partial charge in [0, 0.05) is 18.2 Å². The first-order valence-electron chi connectivity index (χ1n) is 6.65. The van der Waals surface area contributed by atoms with E-state index in [4.69, 9.17) is 4.84 Å². The summed E-state index contributed by atoms with van der Waals surface area (Å²) in [4.78, 5) is 16.7. The molecule has 2 aromatic carbocycles. The normalized spacial score (nSPS) is 9.62. The lowest BCUT2D eigenvalue weighted by molar-refractivity contribution is -0.167. The van der Waals surface area contributed by atoms with Crippen molar-refractivity contribution in [3.63, 3.8) is 0 Å². The van der Waals surface area contributed by atoms with Crippen molar-refractivity contribution in [3.05, 3.63) is 71.3 Å². The van der Waals surface area contributed by atoms with E-state index in [0.717, 1.165) is 16.7 Å². The third-order valence-electron chi connectivity index (χ3n) is 3.03. The van der Waals surface area contributed by atoms with Gasteiger partial charge in [-0.25, -0.2) is 5.06 Å². The van der Waals surface area contributed by atoms with Gasteiger partial charge in [0.15, 0.2) is 0 Å². The minimum Gasteiger partial charge on any atom is -0.275 e. The van der Waals surface area contributed by atoms with Gasteiger partial charge in [0.25, 0.3) is 0 Å². The average Bonchev–Trinajstić information content (AvgIpc) is 2.53. The fourth-order valence-electron chi connectivity index (χ4n) is 1.81. The van der Waals surface area contributed by atoms with Crippen molar-refractivity contribution in [3.8, 4) is 11.8 Å². The van der Waals surface area contributed by atoms with E-state index in [1.54, 1.807) is 7.05 Å². The third kappa shape index (κ3) is 4.48. The second-order valence-corrected chi connectivity index (χ2v) is 4.57. The summed E-state index contributed by atoms with van der Waals surface area (Å²) in [7, 11) is 3.07. The average molecular weight is 279 g/mol. The monoisotopic (exact) mass is 279 g/mol. The number of amides is 1. The van der Waals surface area contributed by atoms with E-state index < -0.39 is 0 Å². The largest absolute Gasteiger partial charge is 0.275 e. The molecule has 0 unspecified atom stereocenters. The van der Waals surface area contributed by atoms with Crippen LogP contribution in [0.5, 0.6) is 0 Å². The van der Waals surface area contributed by atoms with Crippen molar-refractivity contribution >= 4 is 5.91 Å². The summed E-state index contributed by atoms with van der Waals surface area (Å²) < 4.78 is 0. The van der Waals surface area contributed by atoms with E-state index in [-0.39, 0.29) is 5.91 Å². The molecule has 0 fully saturated rings. The van der Waals surface area contributed by atoms with Gasteiger partial charge < -0.3 is 0 Å². The Bertz CT molecular complexity index is 668. The summed E-state index contributed by atoms with van der Waals surface area (Å²) in [6.07, 6.45) is 0.297. The SMILES string of the molecule is CON(C)C(=O)Cc1cccc(C#Cc2ccccc2)c1. The summed E-state index contributed by atoms with van der Waals surface area (Å²) in [6, 6.07) is 17.5. The molecule has 0 N–H and O–H groups in total. The van der Waals surface area contributed by atoms with Crippen molar-refractivity contribution in [1.29, 1.82) is 0 Å². The van der Waals surface area contributed by atoms with Crippen LogP contribution in [0.1, 0.15) is 16.7 Å². The maximum Gasteiger partial charge on any atom is 0.250 e. The van der Waals surface area contributed by atoms with E-state index in [1.165, 1.54) is 12.2 Å². The molecule has 3 heteroatoms. The lowest BCUT2D eigenvalue weighted by Gasteiger charge is -2.13. The summed E-state index contributed by atoms with van der Waals surface area (Å²) in [5.41, 5.74) is 2.78. The number of benzene rings is 2. The van der Waals surface area contributed by atoms with Gasteiger partial charge in [-0.15, -0.1) is 0 Å². The molecule has 0 heterocycles. The highest BCUT2D eigenvalue weighted by molar-refractivity contribution is 5.77. The van der Waals surface area contributed by atoms with Gasteiger partial charge in [-0.1, -0.05) is 42.2 Å². The van der Waals surface area contributed by atoms with Crippen LogP contribution >= 0.6 is 0 Å². The number of likely N-dealkylation sites (N-methyl/N-ethyl adjacent to an activating group) is 1. The highest BCUT2D eigenvalue weighted by Gasteiger charge is 2.08. The molecule has 0 saturated heterocycles. The van der Waals surface area contributed by atoms with E-state index in [1.807, 2.05) is 54.6 Å². The van der Waals surface area contributed by atoms with Gasteiger partial charge in [-0.3, -0.25) is 9.63 Å². The molecule has 0 aliphatic rings. The van der Waals surface area contributed by atoms with Crippen LogP contribution in [-0.2, 0) is 16.1 Å². The number of hydrogen-bond donors (Lipinski definition) is 0. The van der Waals surface area contributed by atoms with Crippen LogP contribution in [0, 0.1) is 11.8 Å². The Morgan fingerprint density at radius 2 is 1.71 bits per heavy atom. The summed E-state index contributed by atoms with van der Waals surface area (Å²) in [5, 5.41) is 1.22. The minimum absolute atomic E-state index is 0.0920. The lowest BCUT2D eigenvalue weighted by atomic mass is 10.1. The van der Waals surface area contributed by atoms with Crippen molar-refractivity contribution in [1.82, 2.24) is 5.06 Å². The van der Waals surface area contributed by atoms with Crippen LogP contribution in [0.2, 0.25) is 0 Å². The van der Waals surface area contributed by atoms with Crippen molar-refractivity contribution in [2.45, 2.75) is 6.42 Å². The zero-order chi connectivity index (χ0) is 15.1. The smallest absolute Gasteiger partial charge is 0.250 e. The molecule has 2 rings (SSSR count). The summed E-state index contributed by atoms with van der Waals surface area (Å²) in [5.74, 6) is 6.13. The fourth-order valence-corrected chi connectivity index (χ4v) is 1.81. The highest BCUT2D eigenvalue weighted by Crippen LogP contribution is 2.07. The van der Waals surface area contributed by atoms with Gasteiger partial charge in [0.2, 0.25) is 5.91 Å². The van der Waals surface area contributed by atoms with Crippen LogP contribution in [0.25, 0.3) is 0 Å². The van der Waals surface area contributed by atoms with Gasteiger partial charge in [0.05, 0.1) is 13.5 Å². The topological polar surface area (TPSA) is 29.5 Å². The molecule has 0 spiro atoms. The van der Waals surface area contributed by atoms with E-state index in [2.05, 4.69) is 11.8 Å². The maximum absolute atomic E-state index is 11.8. The van der Waals surface area contributed by atoms with Crippen LogP contribution in [0.3, 0.4) is 0 Å². The molecule has 2 aromatic rings. The number of nitrogens with zero attached hydrogens (tertiary/aromatic N) is 1. The number of carbonyl (C=O) groups is 1. The van der Waals surface area contributed by atoms with Gasteiger partial charge in [0.1, 0.15) is 0 Å². The molecule has 106 valence electrons. The minimum atomic E-state index is -0.0920. The number of carbonyl (C=O) groups excluding carboxylic acids is 1. The standard InChI is InChI=1S/C18H17NO2/c1-19(21-2)18(20)14-17-10-6-9-16(13-17)12-11-15-7-4-3-5-8-15/h3-10,13H,14H2,1-2H3. The predicted octanol–water partition coefficient (Wildman–Crippen LogP) is 2.65. The maximum atomic E-state index is 11.8. The Hall–Kier alpha value is -2.57. The molecular weight excluding hydrogens is 262 g/mol. The molecule has 0 aromatic heterocycles. The molecule has 0 bridgehead atoms. The van der Waals surface area contributed by atoms with Gasteiger partial charge in [-0.05, 0) is 29.8 Å². The predicted molar refractivity (Wildman–Crippen MR) is 82.3 cm³/mol. The second-order valence-electron chi connectivity index (χ2n) is 4.57. The van der Waals surface area contributed by atoms with Crippen molar-refractivity contribution in [2.24, 2.45) is 0 Å². The fraction of sp³-hybridized carbons (Fsp3) is 0.167. The Morgan fingerprint density at radius 1 is 1.05 bits per heavy atom. The van der Waals surface area contributed by atoms with E-state index in [9.17, 15) is 4.79 Å². The molecule has 0 atom stereocenters. The molecule has 0 aliphatic carbocycles. The van der Waals surface area contributed by atoms with Crippen molar-refractivity contribution in [2.75, 3.05) is 14.2 Å². The van der Waals surface area contributed by atoms with Gasteiger partial charge in [-0.2, -0.15) is 0 Å². The Morgan fingerprint density at radius 3 is 2.43 bits per heavy atom. The quantitative estimate of drug-likeness (QED) is 0.638. The Balaban J connectivity index is 2.12. The highest BCUT2D eigenvalue weighted by atomic mass is 16.7. The van der Waals surface area contributed by atoms with Crippen LogP contribution < -0.4 is 0 Å². The first kappa shape index (κ1) is 14.8. The summed E-state index contributed by atoms with van der Waals surface area (Å²) >= 11 is 0. The zero-order valence-electron chi connectivity index (χ0n) is 12.2. The summed E-state index contributed by atoms with van der Waals surface area (Å²) in [6.45, 7) is 0. The lowest BCUT2D eigenvalue weighted by Crippen LogP contribution is -2.26. The number of rotatable bonds is 3. The zero-order valence-corrected chi connectivity index (χ0v) is 12.2. The third-order valence-corrected chi connectivity index (χ3v) is 3.03. The molecule has 3 nitrogen and oxygen atoms in total. The Kier molecular flexibility index (Phi) is 5.14. The van der Waals surface area contributed by atoms with E-state index >= 15 is 0 Å². The Labute approximate surface area is 125 Å². The number of hydrogen-bond acceptors (Lipinski definition) is 2. The molecule has 0 aliphatic heterocycles. The van der Waals surface area contributed by atoms with E-state index in [0.29, 0.717) is 6.42 Å². The molecule has 1 amide bonds. The number of hydroxylamine groups is 2.